The summed E-state index contributed by atoms with van der Waals surface area (Å²) in [6.07, 6.45) is 2.64. The second kappa shape index (κ2) is 12.1. The SMILES string of the molecule is O=C(NCC1CCN(C(=O)Oc2ccccc2)CC1)C(=O)Nc1ccc2c(c1)CCCN2C(=O)c1cccs1. The van der Waals surface area contributed by atoms with Gasteiger partial charge in [-0.2, -0.15) is 0 Å². The van der Waals surface area contributed by atoms with E-state index in [9.17, 15) is 19.2 Å². The molecule has 2 aromatic carbocycles. The number of hydrogen-bond donors (Lipinski definition) is 2. The number of benzene rings is 2. The number of amides is 4. The van der Waals surface area contributed by atoms with Crippen LogP contribution in [0.5, 0.6) is 5.75 Å². The number of nitrogens with one attached hydrogen (secondary N) is 2. The number of anilines is 2. The van der Waals surface area contributed by atoms with Crippen molar-refractivity contribution in [3.63, 3.8) is 0 Å². The van der Waals surface area contributed by atoms with Crippen molar-refractivity contribution in [3.05, 3.63) is 76.5 Å². The van der Waals surface area contributed by atoms with Crippen molar-refractivity contribution in [2.75, 3.05) is 36.4 Å². The van der Waals surface area contributed by atoms with Crippen LogP contribution >= 0.6 is 11.3 Å². The number of thiophene rings is 1. The van der Waals surface area contributed by atoms with E-state index in [4.69, 9.17) is 4.74 Å². The van der Waals surface area contributed by atoms with E-state index in [-0.39, 0.29) is 17.9 Å². The van der Waals surface area contributed by atoms with Crippen LogP contribution in [0.4, 0.5) is 16.2 Å². The van der Waals surface area contributed by atoms with E-state index in [0.717, 1.165) is 24.1 Å². The summed E-state index contributed by atoms with van der Waals surface area (Å²) in [5, 5.41) is 7.28. The fourth-order valence-corrected chi connectivity index (χ4v) is 5.57. The van der Waals surface area contributed by atoms with Gasteiger partial charge in [-0.3, -0.25) is 14.4 Å². The lowest BCUT2D eigenvalue weighted by Gasteiger charge is -2.31. The molecule has 1 aromatic heterocycles. The minimum absolute atomic E-state index is 0.0268. The summed E-state index contributed by atoms with van der Waals surface area (Å²) in [6, 6.07) is 18.0. The molecule has 0 aliphatic carbocycles. The van der Waals surface area contributed by atoms with Crippen LogP contribution in [-0.2, 0) is 16.0 Å². The Kier molecular flexibility index (Phi) is 8.21. The zero-order valence-electron chi connectivity index (χ0n) is 21.4. The molecule has 1 fully saturated rings. The molecule has 1 saturated heterocycles. The Balaban J connectivity index is 1.08. The maximum absolute atomic E-state index is 12.9. The second-order valence-corrected chi connectivity index (χ2v) is 10.6. The predicted molar refractivity (Wildman–Crippen MR) is 149 cm³/mol. The number of fused-ring (bicyclic) bond motifs is 1. The first-order valence-electron chi connectivity index (χ1n) is 13.1. The maximum atomic E-state index is 12.9. The van der Waals surface area contributed by atoms with E-state index < -0.39 is 11.8 Å². The van der Waals surface area contributed by atoms with E-state index in [1.807, 2.05) is 47.8 Å². The number of nitrogens with zero attached hydrogens (tertiary/aromatic N) is 2. The Morgan fingerprint density at radius 2 is 1.72 bits per heavy atom. The Morgan fingerprint density at radius 1 is 0.923 bits per heavy atom. The molecular weight excluding hydrogens is 516 g/mol. The normalized spacial score (nSPS) is 15.3. The van der Waals surface area contributed by atoms with Crippen LogP contribution in [0.1, 0.15) is 34.5 Å². The molecule has 202 valence electrons. The second-order valence-electron chi connectivity index (χ2n) is 9.66. The summed E-state index contributed by atoms with van der Waals surface area (Å²) in [6.45, 7) is 2.06. The van der Waals surface area contributed by atoms with Gasteiger partial charge in [-0.1, -0.05) is 24.3 Å². The van der Waals surface area contributed by atoms with Gasteiger partial charge in [0.15, 0.2) is 0 Å². The summed E-state index contributed by atoms with van der Waals surface area (Å²) in [7, 11) is 0. The van der Waals surface area contributed by atoms with Crippen LogP contribution in [0.25, 0.3) is 0 Å². The summed E-state index contributed by atoms with van der Waals surface area (Å²) < 4.78 is 5.39. The topological polar surface area (TPSA) is 108 Å². The van der Waals surface area contributed by atoms with E-state index >= 15 is 0 Å². The van der Waals surface area contributed by atoms with Crippen molar-refractivity contribution in [2.24, 2.45) is 5.92 Å². The van der Waals surface area contributed by atoms with Gasteiger partial charge in [-0.15, -0.1) is 11.3 Å². The van der Waals surface area contributed by atoms with Gasteiger partial charge in [0.1, 0.15) is 5.75 Å². The average molecular weight is 547 g/mol. The number of ether oxygens (including phenoxy) is 1. The average Bonchev–Trinajstić information content (AvgIpc) is 3.51. The molecule has 9 nitrogen and oxygen atoms in total. The highest BCUT2D eigenvalue weighted by atomic mass is 32.1. The van der Waals surface area contributed by atoms with Gasteiger partial charge >= 0.3 is 17.9 Å². The summed E-state index contributed by atoms with van der Waals surface area (Å²) in [5.41, 5.74) is 2.31. The van der Waals surface area contributed by atoms with Crippen LogP contribution in [-0.4, -0.2) is 54.9 Å². The Hall–Kier alpha value is -4.18. The van der Waals surface area contributed by atoms with Crippen LogP contribution in [0.3, 0.4) is 0 Å². The molecule has 0 bridgehead atoms. The first kappa shape index (κ1) is 26.4. The predicted octanol–water partition coefficient (Wildman–Crippen LogP) is 4.31. The smallest absolute Gasteiger partial charge is 0.410 e. The van der Waals surface area contributed by atoms with Crippen LogP contribution in [0.15, 0.2) is 66.0 Å². The van der Waals surface area contributed by atoms with Crippen molar-refractivity contribution in [3.8, 4) is 5.75 Å². The van der Waals surface area contributed by atoms with E-state index in [1.165, 1.54) is 11.3 Å². The van der Waals surface area contributed by atoms with Gasteiger partial charge in [0.05, 0.1) is 4.88 Å². The van der Waals surface area contributed by atoms with Crippen LogP contribution in [0, 0.1) is 5.92 Å². The minimum Gasteiger partial charge on any atom is -0.410 e. The fourth-order valence-electron chi connectivity index (χ4n) is 4.90. The lowest BCUT2D eigenvalue weighted by Crippen LogP contribution is -2.44. The molecule has 0 saturated carbocycles. The molecule has 2 N–H and O–H groups in total. The summed E-state index contributed by atoms with van der Waals surface area (Å²) in [4.78, 5) is 54.4. The first-order valence-corrected chi connectivity index (χ1v) is 13.9. The Morgan fingerprint density at radius 3 is 2.46 bits per heavy atom. The van der Waals surface area contributed by atoms with Gasteiger partial charge < -0.3 is 25.2 Å². The van der Waals surface area contributed by atoms with E-state index in [0.29, 0.717) is 55.3 Å². The highest BCUT2D eigenvalue weighted by Gasteiger charge is 2.27. The molecule has 0 radical (unpaired) electrons. The molecule has 0 unspecified atom stereocenters. The number of para-hydroxylation sites is 1. The van der Waals surface area contributed by atoms with Gasteiger partial charge in [0.2, 0.25) is 0 Å². The molecule has 2 aliphatic heterocycles. The Bertz CT molecular complexity index is 1340. The van der Waals surface area contributed by atoms with E-state index in [1.54, 1.807) is 28.0 Å². The molecule has 39 heavy (non-hydrogen) atoms. The molecule has 2 aliphatic rings. The number of rotatable bonds is 5. The monoisotopic (exact) mass is 546 g/mol. The highest BCUT2D eigenvalue weighted by Crippen LogP contribution is 2.31. The molecule has 10 heteroatoms. The zero-order chi connectivity index (χ0) is 27.2. The Labute approximate surface area is 230 Å². The third-order valence-electron chi connectivity index (χ3n) is 7.01. The summed E-state index contributed by atoms with van der Waals surface area (Å²) in [5.74, 6) is -0.792. The van der Waals surface area contributed by atoms with Gasteiger partial charge in [-0.05, 0) is 78.9 Å². The molecule has 5 rings (SSSR count). The third kappa shape index (κ3) is 6.46. The van der Waals surface area contributed by atoms with Gasteiger partial charge in [0, 0.05) is 37.6 Å². The molecule has 0 spiro atoms. The number of likely N-dealkylation sites (tertiary alicyclic amines) is 1. The fraction of sp³-hybridized carbons (Fsp3) is 0.310. The maximum Gasteiger partial charge on any atom is 0.415 e. The lowest BCUT2D eigenvalue weighted by molar-refractivity contribution is -0.136. The van der Waals surface area contributed by atoms with Crippen molar-refractivity contribution >= 4 is 46.5 Å². The molecule has 0 atom stereocenters. The number of carbonyl (C=O) groups excluding carboxylic acids is 4. The lowest BCUT2D eigenvalue weighted by atomic mass is 9.97. The number of hydrogen-bond acceptors (Lipinski definition) is 6. The van der Waals surface area contributed by atoms with Crippen molar-refractivity contribution < 1.29 is 23.9 Å². The zero-order valence-corrected chi connectivity index (χ0v) is 22.2. The molecular formula is C29H30N4O5S. The third-order valence-corrected chi connectivity index (χ3v) is 7.87. The summed E-state index contributed by atoms with van der Waals surface area (Å²) >= 11 is 1.41. The number of piperidine rings is 1. The van der Waals surface area contributed by atoms with Crippen LogP contribution < -0.4 is 20.3 Å². The van der Waals surface area contributed by atoms with Gasteiger partial charge in [-0.25, -0.2) is 4.79 Å². The standard InChI is InChI=1S/C29H30N4O5S/c34-26(30-19-20-12-15-32(16-13-20)29(37)38-23-7-2-1-3-8-23)27(35)31-22-10-11-24-21(18-22)6-4-14-33(24)28(36)25-9-5-17-39-25/h1-3,5,7-11,17-18,20H,4,6,12-16,19H2,(H,30,34)(H,31,35). The number of carbonyl (C=O) groups is 4. The largest absolute Gasteiger partial charge is 0.415 e. The number of aryl methyl sites for hydroxylation is 1. The molecule has 3 aromatic rings. The van der Waals surface area contributed by atoms with Crippen molar-refractivity contribution in [1.29, 1.82) is 0 Å². The molecule has 4 amide bonds. The van der Waals surface area contributed by atoms with E-state index in [2.05, 4.69) is 10.6 Å². The highest BCUT2D eigenvalue weighted by molar-refractivity contribution is 7.12. The minimum atomic E-state index is -0.735. The van der Waals surface area contributed by atoms with Crippen molar-refractivity contribution in [2.45, 2.75) is 25.7 Å². The van der Waals surface area contributed by atoms with Crippen LogP contribution in [0.2, 0.25) is 0 Å². The van der Waals surface area contributed by atoms with Gasteiger partial charge in [0.25, 0.3) is 5.91 Å². The first-order chi connectivity index (χ1) is 19.0. The molecule has 3 heterocycles. The quantitative estimate of drug-likeness (QED) is 0.464. The van der Waals surface area contributed by atoms with Crippen molar-refractivity contribution in [1.82, 2.24) is 10.2 Å².